The molecule has 84 valence electrons. The quantitative estimate of drug-likeness (QED) is 0.595. The molecule has 0 fully saturated rings. The molecule has 0 aliphatic rings. The van der Waals surface area contributed by atoms with Gasteiger partial charge >= 0.3 is 0 Å². The number of nitrogens with two attached hydrogens (primary N) is 1. The Kier molecular flexibility index (Phi) is 5.40. The van der Waals surface area contributed by atoms with Crippen molar-refractivity contribution in [3.8, 4) is 0 Å². The molecule has 3 heteroatoms. The van der Waals surface area contributed by atoms with Crippen molar-refractivity contribution in [1.29, 1.82) is 0 Å². The lowest BCUT2D eigenvalue weighted by molar-refractivity contribution is 0.798. The highest BCUT2D eigenvalue weighted by molar-refractivity contribution is 7.98. The maximum Gasteiger partial charge on any atom is 0.0599 e. The summed E-state index contributed by atoms with van der Waals surface area (Å²) in [6.07, 6.45) is 3.36. The molecule has 2 nitrogen and oxygen atoms in total. The number of anilines is 2. The fourth-order valence-electron chi connectivity index (χ4n) is 1.62. The SMILES string of the molecule is CCN(CCCSC)c1ccccc1N. The molecule has 1 rings (SSSR count). The highest BCUT2D eigenvalue weighted by Crippen LogP contribution is 2.22. The Labute approximate surface area is 96.8 Å². The fourth-order valence-corrected chi connectivity index (χ4v) is 2.04. The predicted octanol–water partition coefficient (Wildman–Crippen LogP) is 2.85. The van der Waals surface area contributed by atoms with Crippen LogP contribution < -0.4 is 10.6 Å². The van der Waals surface area contributed by atoms with E-state index in [1.165, 1.54) is 17.9 Å². The Morgan fingerprint density at radius 1 is 1.33 bits per heavy atom. The molecule has 0 spiro atoms. The van der Waals surface area contributed by atoms with Crippen LogP contribution in [0.1, 0.15) is 13.3 Å². The van der Waals surface area contributed by atoms with Crippen molar-refractivity contribution in [2.45, 2.75) is 13.3 Å². The molecule has 0 aromatic heterocycles. The number of thioether (sulfide) groups is 1. The van der Waals surface area contributed by atoms with E-state index in [1.807, 2.05) is 30.0 Å². The highest BCUT2D eigenvalue weighted by atomic mass is 32.2. The molecule has 0 aliphatic heterocycles. The van der Waals surface area contributed by atoms with Gasteiger partial charge in [0.15, 0.2) is 0 Å². The summed E-state index contributed by atoms with van der Waals surface area (Å²) in [5.41, 5.74) is 8.00. The molecule has 1 aromatic carbocycles. The minimum atomic E-state index is 0.878. The molecule has 0 atom stereocenters. The summed E-state index contributed by atoms with van der Waals surface area (Å²) in [5.74, 6) is 1.21. The van der Waals surface area contributed by atoms with Crippen molar-refractivity contribution in [3.05, 3.63) is 24.3 Å². The minimum Gasteiger partial charge on any atom is -0.397 e. The second-order valence-corrected chi connectivity index (χ2v) is 4.47. The van der Waals surface area contributed by atoms with Gasteiger partial charge in [-0.2, -0.15) is 11.8 Å². The van der Waals surface area contributed by atoms with Crippen LogP contribution in [0.4, 0.5) is 11.4 Å². The number of hydrogen-bond acceptors (Lipinski definition) is 3. The molecule has 0 heterocycles. The minimum absolute atomic E-state index is 0.878. The van der Waals surface area contributed by atoms with E-state index < -0.39 is 0 Å². The molecule has 0 unspecified atom stereocenters. The lowest BCUT2D eigenvalue weighted by Crippen LogP contribution is -2.25. The molecule has 0 aliphatic carbocycles. The van der Waals surface area contributed by atoms with Gasteiger partial charge in [-0.3, -0.25) is 0 Å². The number of rotatable bonds is 6. The number of hydrogen-bond donors (Lipinski definition) is 1. The van der Waals surface area contributed by atoms with E-state index in [0.29, 0.717) is 0 Å². The van der Waals surface area contributed by atoms with Gasteiger partial charge in [0.2, 0.25) is 0 Å². The summed E-state index contributed by atoms with van der Waals surface area (Å²) in [6, 6.07) is 8.09. The Bertz CT molecular complexity index is 289. The number of nitrogen functional groups attached to an aromatic ring is 1. The van der Waals surface area contributed by atoms with E-state index in [0.717, 1.165) is 18.8 Å². The average molecular weight is 224 g/mol. The maximum absolute atomic E-state index is 5.95. The molecule has 0 saturated carbocycles. The Hall–Kier alpha value is -0.830. The van der Waals surface area contributed by atoms with E-state index in [4.69, 9.17) is 5.73 Å². The maximum atomic E-state index is 5.95. The summed E-state index contributed by atoms with van der Waals surface area (Å²) >= 11 is 1.90. The molecule has 15 heavy (non-hydrogen) atoms. The lowest BCUT2D eigenvalue weighted by Gasteiger charge is -2.24. The average Bonchev–Trinajstić information content (AvgIpc) is 2.26. The largest absolute Gasteiger partial charge is 0.397 e. The van der Waals surface area contributed by atoms with Gasteiger partial charge in [0.05, 0.1) is 11.4 Å². The van der Waals surface area contributed by atoms with Gasteiger partial charge in [-0.25, -0.2) is 0 Å². The normalized spacial score (nSPS) is 10.3. The molecule has 0 saturated heterocycles. The third-order valence-corrected chi connectivity index (χ3v) is 3.13. The van der Waals surface area contributed by atoms with E-state index in [2.05, 4.69) is 24.1 Å². The van der Waals surface area contributed by atoms with Gasteiger partial charge in [-0.05, 0) is 37.5 Å². The van der Waals surface area contributed by atoms with Gasteiger partial charge < -0.3 is 10.6 Å². The fraction of sp³-hybridized carbons (Fsp3) is 0.500. The Morgan fingerprint density at radius 2 is 2.07 bits per heavy atom. The summed E-state index contributed by atoms with van der Waals surface area (Å²) < 4.78 is 0. The molecule has 2 N–H and O–H groups in total. The van der Waals surface area contributed by atoms with Crippen LogP contribution in [-0.2, 0) is 0 Å². The lowest BCUT2D eigenvalue weighted by atomic mass is 10.2. The molecule has 0 amide bonds. The van der Waals surface area contributed by atoms with Gasteiger partial charge in [0, 0.05) is 13.1 Å². The molecule has 1 aromatic rings. The van der Waals surface area contributed by atoms with Gasteiger partial charge in [0.1, 0.15) is 0 Å². The van der Waals surface area contributed by atoms with Gasteiger partial charge in [-0.1, -0.05) is 12.1 Å². The number of para-hydroxylation sites is 2. The van der Waals surface area contributed by atoms with Crippen molar-refractivity contribution < 1.29 is 0 Å². The summed E-state index contributed by atoms with van der Waals surface area (Å²) in [4.78, 5) is 2.34. The van der Waals surface area contributed by atoms with E-state index in [-0.39, 0.29) is 0 Å². The Morgan fingerprint density at radius 3 is 2.67 bits per heavy atom. The summed E-state index contributed by atoms with van der Waals surface area (Å²) in [5, 5.41) is 0. The first-order chi connectivity index (χ1) is 7.29. The van der Waals surface area contributed by atoms with Crippen LogP contribution in [0.3, 0.4) is 0 Å². The third-order valence-electron chi connectivity index (χ3n) is 2.44. The number of nitrogens with zero attached hydrogens (tertiary/aromatic N) is 1. The second kappa shape index (κ2) is 6.62. The summed E-state index contributed by atoms with van der Waals surface area (Å²) in [7, 11) is 0. The standard InChI is InChI=1S/C12H20N2S/c1-3-14(9-6-10-15-2)12-8-5-4-7-11(12)13/h4-5,7-8H,3,6,9-10,13H2,1-2H3. The first-order valence-electron chi connectivity index (χ1n) is 5.38. The van der Waals surface area contributed by atoms with Gasteiger partial charge in [0.25, 0.3) is 0 Å². The zero-order valence-electron chi connectivity index (χ0n) is 9.57. The zero-order chi connectivity index (χ0) is 11.1. The van der Waals surface area contributed by atoms with Crippen LogP contribution in [0.5, 0.6) is 0 Å². The summed E-state index contributed by atoms with van der Waals surface area (Å²) in [6.45, 7) is 4.28. The first-order valence-corrected chi connectivity index (χ1v) is 6.77. The van der Waals surface area contributed by atoms with Crippen LogP contribution in [0, 0.1) is 0 Å². The zero-order valence-corrected chi connectivity index (χ0v) is 10.4. The second-order valence-electron chi connectivity index (χ2n) is 3.48. The third kappa shape index (κ3) is 3.67. The van der Waals surface area contributed by atoms with Gasteiger partial charge in [-0.15, -0.1) is 0 Å². The van der Waals surface area contributed by atoms with Crippen molar-refractivity contribution in [2.75, 3.05) is 35.7 Å². The molecular formula is C12H20N2S. The topological polar surface area (TPSA) is 29.3 Å². The van der Waals surface area contributed by atoms with Crippen molar-refractivity contribution in [1.82, 2.24) is 0 Å². The highest BCUT2D eigenvalue weighted by Gasteiger charge is 2.06. The van der Waals surface area contributed by atoms with Crippen LogP contribution in [0.2, 0.25) is 0 Å². The van der Waals surface area contributed by atoms with Crippen LogP contribution >= 0.6 is 11.8 Å². The van der Waals surface area contributed by atoms with Crippen molar-refractivity contribution >= 4 is 23.1 Å². The number of benzene rings is 1. The molecule has 0 radical (unpaired) electrons. The van der Waals surface area contributed by atoms with Crippen molar-refractivity contribution in [3.63, 3.8) is 0 Å². The van der Waals surface area contributed by atoms with Crippen LogP contribution in [0.25, 0.3) is 0 Å². The predicted molar refractivity (Wildman–Crippen MR) is 71.7 cm³/mol. The molecular weight excluding hydrogens is 204 g/mol. The van der Waals surface area contributed by atoms with E-state index >= 15 is 0 Å². The monoisotopic (exact) mass is 224 g/mol. The van der Waals surface area contributed by atoms with E-state index in [9.17, 15) is 0 Å². The molecule has 0 bridgehead atoms. The van der Waals surface area contributed by atoms with Crippen molar-refractivity contribution in [2.24, 2.45) is 0 Å². The Balaban J connectivity index is 2.61. The smallest absolute Gasteiger partial charge is 0.0599 e. The van der Waals surface area contributed by atoms with Crippen LogP contribution in [-0.4, -0.2) is 25.1 Å². The first kappa shape index (κ1) is 12.2. The van der Waals surface area contributed by atoms with Crippen LogP contribution in [0.15, 0.2) is 24.3 Å². The van der Waals surface area contributed by atoms with E-state index in [1.54, 1.807) is 0 Å².